The number of anilines is 2. The van der Waals surface area contributed by atoms with E-state index in [1.807, 2.05) is 14.0 Å². The molecule has 0 unspecified atom stereocenters. The highest BCUT2D eigenvalue weighted by molar-refractivity contribution is 7.09. The van der Waals surface area contributed by atoms with E-state index in [0.29, 0.717) is 12.0 Å². The van der Waals surface area contributed by atoms with Crippen LogP contribution in [0.1, 0.15) is 23.4 Å². The Bertz CT molecular complexity index is 549. The lowest BCUT2D eigenvalue weighted by Crippen LogP contribution is -2.26. The molecule has 0 atom stereocenters. The van der Waals surface area contributed by atoms with Gasteiger partial charge in [0.2, 0.25) is 5.95 Å². The molecule has 1 aliphatic carbocycles. The van der Waals surface area contributed by atoms with Crippen LogP contribution in [0.2, 0.25) is 0 Å². The van der Waals surface area contributed by atoms with Crippen LogP contribution in [0.15, 0.2) is 23.6 Å². The van der Waals surface area contributed by atoms with Gasteiger partial charge in [0.1, 0.15) is 5.82 Å². The minimum atomic E-state index is 0.640. The molecule has 0 radical (unpaired) electrons. The average Bonchev–Trinajstić information content (AvgIpc) is 3.12. The molecule has 0 aromatic carbocycles. The van der Waals surface area contributed by atoms with Gasteiger partial charge in [0.25, 0.3) is 0 Å². The van der Waals surface area contributed by atoms with Gasteiger partial charge in [-0.3, -0.25) is 0 Å². The molecule has 1 N–H and O–H groups in total. The van der Waals surface area contributed by atoms with Crippen LogP contribution in [-0.2, 0) is 6.54 Å². The van der Waals surface area contributed by atoms with Crippen LogP contribution in [0.3, 0.4) is 0 Å². The smallest absolute Gasteiger partial charge is 0.224 e. The highest BCUT2D eigenvalue weighted by Gasteiger charge is 2.30. The summed E-state index contributed by atoms with van der Waals surface area (Å²) in [6, 6.07) is 7.01. The molecule has 1 fully saturated rings. The third-order valence-electron chi connectivity index (χ3n) is 3.25. The topological polar surface area (TPSA) is 41.1 Å². The molecule has 4 nitrogen and oxygen atoms in total. The number of hydrogen-bond acceptors (Lipinski definition) is 5. The van der Waals surface area contributed by atoms with Crippen molar-refractivity contribution in [1.82, 2.24) is 9.97 Å². The molecule has 100 valence electrons. The van der Waals surface area contributed by atoms with E-state index >= 15 is 0 Å². The number of nitrogens with zero attached hydrogens (tertiary/aromatic N) is 3. The van der Waals surface area contributed by atoms with Crippen LogP contribution in [0.4, 0.5) is 11.8 Å². The van der Waals surface area contributed by atoms with Gasteiger partial charge in [0.05, 0.1) is 6.54 Å². The van der Waals surface area contributed by atoms with E-state index in [9.17, 15) is 0 Å². The molecule has 0 amide bonds. The monoisotopic (exact) mass is 274 g/mol. The molecule has 2 aromatic rings. The minimum absolute atomic E-state index is 0.640. The van der Waals surface area contributed by atoms with E-state index in [2.05, 4.69) is 43.8 Å². The third-order valence-corrected chi connectivity index (χ3v) is 4.11. The average molecular weight is 274 g/mol. The SMILES string of the molecule is CNc1nc(C)cc(N(Cc2cccs2)C2CC2)n1. The Morgan fingerprint density at radius 1 is 1.42 bits per heavy atom. The summed E-state index contributed by atoms with van der Waals surface area (Å²) < 4.78 is 0. The van der Waals surface area contributed by atoms with Crippen molar-refractivity contribution in [2.24, 2.45) is 0 Å². The lowest BCUT2D eigenvalue weighted by atomic mass is 10.3. The molecule has 0 spiro atoms. The quantitative estimate of drug-likeness (QED) is 0.910. The van der Waals surface area contributed by atoms with Gasteiger partial charge in [-0.25, -0.2) is 4.98 Å². The van der Waals surface area contributed by atoms with Crippen LogP contribution in [0.25, 0.3) is 0 Å². The first-order valence-corrected chi connectivity index (χ1v) is 7.46. The Labute approximate surface area is 117 Å². The maximum Gasteiger partial charge on any atom is 0.224 e. The van der Waals surface area contributed by atoms with Crippen molar-refractivity contribution in [3.8, 4) is 0 Å². The second kappa shape index (κ2) is 5.17. The molecule has 1 aliphatic rings. The highest BCUT2D eigenvalue weighted by Crippen LogP contribution is 2.33. The second-order valence-electron chi connectivity index (χ2n) is 4.88. The van der Waals surface area contributed by atoms with Gasteiger partial charge < -0.3 is 10.2 Å². The number of aromatic nitrogens is 2. The maximum absolute atomic E-state index is 4.60. The summed E-state index contributed by atoms with van der Waals surface area (Å²) in [5.74, 6) is 1.74. The van der Waals surface area contributed by atoms with Crippen LogP contribution >= 0.6 is 11.3 Å². The Balaban J connectivity index is 1.89. The van der Waals surface area contributed by atoms with Crippen molar-refractivity contribution in [2.75, 3.05) is 17.3 Å². The molecule has 19 heavy (non-hydrogen) atoms. The molecule has 0 saturated heterocycles. The third kappa shape index (κ3) is 2.87. The van der Waals surface area contributed by atoms with E-state index in [4.69, 9.17) is 0 Å². The molecular weight excluding hydrogens is 256 g/mol. The largest absolute Gasteiger partial charge is 0.357 e. The number of hydrogen-bond donors (Lipinski definition) is 1. The van der Waals surface area contributed by atoms with Crippen molar-refractivity contribution in [1.29, 1.82) is 0 Å². The fraction of sp³-hybridized carbons (Fsp3) is 0.429. The molecule has 5 heteroatoms. The predicted molar refractivity (Wildman–Crippen MR) is 79.8 cm³/mol. The van der Waals surface area contributed by atoms with E-state index < -0.39 is 0 Å². The Morgan fingerprint density at radius 3 is 2.89 bits per heavy atom. The fourth-order valence-corrected chi connectivity index (χ4v) is 2.87. The van der Waals surface area contributed by atoms with E-state index in [0.717, 1.165) is 18.1 Å². The first-order valence-electron chi connectivity index (χ1n) is 6.59. The van der Waals surface area contributed by atoms with E-state index in [1.54, 1.807) is 11.3 Å². The highest BCUT2D eigenvalue weighted by atomic mass is 32.1. The zero-order valence-electron chi connectivity index (χ0n) is 11.3. The van der Waals surface area contributed by atoms with Gasteiger partial charge in [-0.2, -0.15) is 4.98 Å². The van der Waals surface area contributed by atoms with Crippen molar-refractivity contribution in [2.45, 2.75) is 32.4 Å². The number of aryl methyl sites for hydroxylation is 1. The Kier molecular flexibility index (Phi) is 3.38. The van der Waals surface area contributed by atoms with E-state index in [1.165, 1.54) is 17.7 Å². The van der Waals surface area contributed by atoms with E-state index in [-0.39, 0.29) is 0 Å². The van der Waals surface area contributed by atoms with Gasteiger partial charge in [-0.15, -0.1) is 11.3 Å². The van der Waals surface area contributed by atoms with Gasteiger partial charge in [0.15, 0.2) is 0 Å². The fourth-order valence-electron chi connectivity index (χ4n) is 2.16. The van der Waals surface area contributed by atoms with Crippen LogP contribution in [0, 0.1) is 6.92 Å². The maximum atomic E-state index is 4.60. The summed E-state index contributed by atoms with van der Waals surface area (Å²) in [5, 5.41) is 5.16. The molecule has 3 rings (SSSR count). The summed E-state index contributed by atoms with van der Waals surface area (Å²) in [7, 11) is 1.86. The zero-order chi connectivity index (χ0) is 13.2. The summed E-state index contributed by atoms with van der Waals surface area (Å²) in [6.07, 6.45) is 2.53. The minimum Gasteiger partial charge on any atom is -0.357 e. The van der Waals surface area contributed by atoms with Crippen LogP contribution < -0.4 is 10.2 Å². The summed E-state index contributed by atoms with van der Waals surface area (Å²) in [5.41, 5.74) is 1.01. The molecule has 0 bridgehead atoms. The van der Waals surface area contributed by atoms with Gasteiger partial charge in [-0.05, 0) is 31.2 Å². The van der Waals surface area contributed by atoms with Crippen LogP contribution in [0.5, 0.6) is 0 Å². The standard InChI is InChI=1S/C14H18N4S/c1-10-8-13(17-14(15-2)16-10)18(11-5-6-11)9-12-4-3-7-19-12/h3-4,7-8,11H,5-6,9H2,1-2H3,(H,15,16,17). The van der Waals surface area contributed by atoms with Gasteiger partial charge in [0, 0.05) is 29.7 Å². The van der Waals surface area contributed by atoms with Crippen LogP contribution in [-0.4, -0.2) is 23.1 Å². The number of thiophene rings is 1. The lowest BCUT2D eigenvalue weighted by molar-refractivity contribution is 0.782. The van der Waals surface area contributed by atoms with Gasteiger partial charge >= 0.3 is 0 Å². The Morgan fingerprint density at radius 2 is 2.26 bits per heavy atom. The second-order valence-corrected chi connectivity index (χ2v) is 5.91. The van der Waals surface area contributed by atoms with Crippen molar-refractivity contribution >= 4 is 23.1 Å². The summed E-state index contributed by atoms with van der Waals surface area (Å²) >= 11 is 1.80. The number of nitrogens with one attached hydrogen (secondary N) is 1. The first-order chi connectivity index (χ1) is 9.26. The summed E-state index contributed by atoms with van der Waals surface area (Å²) in [4.78, 5) is 12.8. The summed E-state index contributed by atoms with van der Waals surface area (Å²) in [6.45, 7) is 2.96. The molecule has 2 heterocycles. The van der Waals surface area contributed by atoms with Gasteiger partial charge in [-0.1, -0.05) is 6.07 Å². The molecular formula is C14H18N4S. The normalized spacial score (nSPS) is 14.4. The number of rotatable bonds is 5. The predicted octanol–water partition coefficient (Wildman–Crippen LogP) is 3.06. The van der Waals surface area contributed by atoms with Crippen molar-refractivity contribution < 1.29 is 0 Å². The molecule has 2 aromatic heterocycles. The molecule has 0 aliphatic heterocycles. The zero-order valence-corrected chi connectivity index (χ0v) is 12.1. The lowest BCUT2D eigenvalue weighted by Gasteiger charge is -2.23. The first kappa shape index (κ1) is 12.4. The van der Waals surface area contributed by atoms with Crippen molar-refractivity contribution in [3.05, 3.63) is 34.2 Å². The van der Waals surface area contributed by atoms with Crippen molar-refractivity contribution in [3.63, 3.8) is 0 Å². The Hall–Kier alpha value is -1.62. The molecule has 1 saturated carbocycles.